The van der Waals surface area contributed by atoms with Gasteiger partial charge in [-0.15, -0.1) is 0 Å². The van der Waals surface area contributed by atoms with E-state index in [9.17, 15) is 17.2 Å². The van der Waals surface area contributed by atoms with Crippen LogP contribution in [0.4, 0.5) is 8.78 Å². The number of nitrogens with zero attached hydrogens (tertiary/aromatic N) is 1. The van der Waals surface area contributed by atoms with Crippen LogP contribution in [0.5, 0.6) is 0 Å². The fraction of sp³-hybridized carbons (Fsp3) is 0.133. The van der Waals surface area contributed by atoms with Crippen LogP contribution in [0.25, 0.3) is 0 Å². The minimum absolute atomic E-state index is 0.159. The van der Waals surface area contributed by atoms with E-state index in [1.807, 2.05) is 0 Å². The molecule has 0 saturated carbocycles. The lowest BCUT2D eigenvalue weighted by molar-refractivity contribution is 0.506. The van der Waals surface area contributed by atoms with Gasteiger partial charge in [0.05, 0.1) is 10.9 Å². The fourth-order valence-corrected chi connectivity index (χ4v) is 3.51. The molecule has 1 atom stereocenters. The molecular weight excluding hydrogens is 310 g/mol. The summed E-state index contributed by atoms with van der Waals surface area (Å²) in [6, 6.07) is 9.43. The van der Waals surface area contributed by atoms with Crippen LogP contribution in [0, 0.1) is 11.6 Å². The highest BCUT2D eigenvalue weighted by atomic mass is 32.2. The Morgan fingerprint density at radius 2 is 1.82 bits per heavy atom. The lowest BCUT2D eigenvalue weighted by atomic mass is 10.1. The average Bonchev–Trinajstić information content (AvgIpc) is 2.73. The molecule has 0 amide bonds. The second-order valence-corrected chi connectivity index (χ2v) is 6.58. The van der Waals surface area contributed by atoms with Crippen molar-refractivity contribution in [2.24, 2.45) is 4.99 Å². The number of aliphatic imine (C=N–C) groups is 1. The number of sulfonamides is 1. The van der Waals surface area contributed by atoms with Gasteiger partial charge in [0.1, 0.15) is 5.84 Å². The van der Waals surface area contributed by atoms with E-state index in [0.29, 0.717) is 11.1 Å². The van der Waals surface area contributed by atoms with E-state index < -0.39 is 27.7 Å². The number of nitrogens with one attached hydrogen (secondary N) is 1. The van der Waals surface area contributed by atoms with Crippen LogP contribution >= 0.6 is 0 Å². The molecule has 2 aromatic carbocycles. The number of benzene rings is 2. The summed E-state index contributed by atoms with van der Waals surface area (Å²) in [5, 5.41) is 0. The zero-order chi connectivity index (χ0) is 15.9. The largest absolute Gasteiger partial charge is 0.263 e. The lowest BCUT2D eigenvalue weighted by Crippen LogP contribution is -2.22. The standard InChI is InChI=1S/C15H12F2N2O2S/c1-9(10-6-7-12(16)13(17)8-10)18-15-11-4-2-3-5-14(11)22(20,21)19-15/h2-9H,1H3,(H,18,19)/t9-/m0/s1. The first-order valence-electron chi connectivity index (χ1n) is 6.53. The maximum absolute atomic E-state index is 13.3. The van der Waals surface area contributed by atoms with Crippen LogP contribution in [0.2, 0.25) is 0 Å². The molecule has 1 aliphatic rings. The van der Waals surface area contributed by atoms with E-state index in [-0.39, 0.29) is 10.7 Å². The Kier molecular flexibility index (Phi) is 3.44. The lowest BCUT2D eigenvalue weighted by Gasteiger charge is -2.09. The Morgan fingerprint density at radius 3 is 2.55 bits per heavy atom. The van der Waals surface area contributed by atoms with E-state index >= 15 is 0 Å². The maximum Gasteiger partial charge on any atom is 0.263 e. The number of hydrogen-bond acceptors (Lipinski definition) is 3. The number of hydrogen-bond donors (Lipinski definition) is 1. The summed E-state index contributed by atoms with van der Waals surface area (Å²) < 4.78 is 52.6. The molecule has 0 radical (unpaired) electrons. The predicted molar refractivity (Wildman–Crippen MR) is 78.1 cm³/mol. The molecule has 0 spiro atoms. The summed E-state index contributed by atoms with van der Waals surface area (Å²) in [6.45, 7) is 1.68. The van der Waals surface area contributed by atoms with Gasteiger partial charge in [-0.05, 0) is 36.8 Å². The molecule has 1 N–H and O–H groups in total. The first-order valence-corrected chi connectivity index (χ1v) is 8.02. The normalized spacial score (nSPS) is 18.8. The summed E-state index contributed by atoms with van der Waals surface area (Å²) in [6.07, 6.45) is 0. The predicted octanol–water partition coefficient (Wildman–Crippen LogP) is 2.76. The first kappa shape index (κ1) is 14.6. The molecule has 2 aromatic rings. The van der Waals surface area contributed by atoms with Gasteiger partial charge in [0.2, 0.25) is 0 Å². The van der Waals surface area contributed by atoms with Crippen molar-refractivity contribution in [3.63, 3.8) is 0 Å². The van der Waals surface area contributed by atoms with Crippen molar-refractivity contribution in [3.05, 3.63) is 65.2 Å². The molecule has 22 heavy (non-hydrogen) atoms. The molecule has 0 saturated heterocycles. The zero-order valence-electron chi connectivity index (χ0n) is 11.5. The van der Waals surface area contributed by atoms with E-state index in [1.54, 1.807) is 25.1 Å². The van der Waals surface area contributed by atoms with Crippen molar-refractivity contribution < 1.29 is 17.2 Å². The van der Waals surface area contributed by atoms with Gasteiger partial charge in [-0.3, -0.25) is 9.71 Å². The van der Waals surface area contributed by atoms with Crippen molar-refractivity contribution in [2.75, 3.05) is 0 Å². The molecule has 7 heteroatoms. The van der Waals surface area contributed by atoms with Gasteiger partial charge in [-0.1, -0.05) is 18.2 Å². The topological polar surface area (TPSA) is 58.5 Å². The van der Waals surface area contributed by atoms with Crippen LogP contribution < -0.4 is 4.72 Å². The molecule has 0 aromatic heterocycles. The van der Waals surface area contributed by atoms with Crippen molar-refractivity contribution in [2.45, 2.75) is 17.9 Å². The van der Waals surface area contributed by atoms with E-state index in [4.69, 9.17) is 0 Å². The highest BCUT2D eigenvalue weighted by molar-refractivity contribution is 7.90. The number of fused-ring (bicyclic) bond motifs is 1. The number of rotatable bonds is 2. The van der Waals surface area contributed by atoms with Gasteiger partial charge in [-0.25, -0.2) is 17.2 Å². The van der Waals surface area contributed by atoms with Crippen LogP contribution in [0.1, 0.15) is 24.1 Å². The number of halogens is 2. The third-order valence-corrected chi connectivity index (χ3v) is 4.81. The van der Waals surface area contributed by atoms with E-state index in [2.05, 4.69) is 9.71 Å². The summed E-state index contributed by atoms with van der Waals surface area (Å²) in [4.78, 5) is 4.45. The molecule has 4 nitrogen and oxygen atoms in total. The molecule has 1 aliphatic heterocycles. The molecule has 0 bridgehead atoms. The molecule has 0 unspecified atom stereocenters. The Labute approximate surface area is 126 Å². The Bertz CT molecular complexity index is 879. The van der Waals surface area contributed by atoms with Crippen molar-refractivity contribution in [1.82, 2.24) is 4.72 Å². The molecule has 3 rings (SSSR count). The Hall–Kier alpha value is -2.28. The summed E-state index contributed by atoms with van der Waals surface area (Å²) in [5.41, 5.74) is 0.923. The van der Waals surface area contributed by atoms with Gasteiger partial charge in [0, 0.05) is 5.56 Å². The zero-order valence-corrected chi connectivity index (χ0v) is 12.4. The Morgan fingerprint density at radius 1 is 1.09 bits per heavy atom. The molecule has 114 valence electrons. The maximum atomic E-state index is 13.3. The minimum Gasteiger partial charge on any atom is -0.263 e. The third-order valence-electron chi connectivity index (χ3n) is 3.41. The van der Waals surface area contributed by atoms with Crippen LogP contribution in [0.15, 0.2) is 52.4 Å². The monoisotopic (exact) mass is 322 g/mol. The van der Waals surface area contributed by atoms with Gasteiger partial charge >= 0.3 is 0 Å². The van der Waals surface area contributed by atoms with Crippen LogP contribution in [-0.2, 0) is 10.0 Å². The third kappa shape index (κ3) is 2.48. The molecular formula is C15H12F2N2O2S. The molecule has 1 heterocycles. The van der Waals surface area contributed by atoms with Crippen molar-refractivity contribution in [3.8, 4) is 0 Å². The SMILES string of the molecule is C[C@H](N=C1NS(=O)(=O)c2ccccc21)c1ccc(F)c(F)c1. The highest BCUT2D eigenvalue weighted by Crippen LogP contribution is 2.25. The van der Waals surface area contributed by atoms with Gasteiger partial charge in [-0.2, -0.15) is 0 Å². The van der Waals surface area contributed by atoms with Crippen LogP contribution in [-0.4, -0.2) is 14.3 Å². The first-order chi connectivity index (χ1) is 10.4. The van der Waals surface area contributed by atoms with Crippen molar-refractivity contribution >= 4 is 15.9 Å². The van der Waals surface area contributed by atoms with Gasteiger partial charge in [0.15, 0.2) is 11.6 Å². The van der Waals surface area contributed by atoms with E-state index in [1.165, 1.54) is 12.1 Å². The molecule has 0 aliphatic carbocycles. The second-order valence-electron chi connectivity index (χ2n) is 4.93. The van der Waals surface area contributed by atoms with Gasteiger partial charge < -0.3 is 0 Å². The number of amidine groups is 1. The average molecular weight is 322 g/mol. The van der Waals surface area contributed by atoms with Crippen molar-refractivity contribution in [1.29, 1.82) is 0 Å². The Balaban J connectivity index is 2.01. The fourth-order valence-electron chi connectivity index (χ4n) is 2.27. The van der Waals surface area contributed by atoms with Crippen LogP contribution in [0.3, 0.4) is 0 Å². The van der Waals surface area contributed by atoms with Gasteiger partial charge in [0.25, 0.3) is 10.0 Å². The summed E-state index contributed by atoms with van der Waals surface area (Å²) in [7, 11) is -3.61. The van der Waals surface area contributed by atoms with E-state index in [0.717, 1.165) is 12.1 Å². The minimum atomic E-state index is -3.61. The summed E-state index contributed by atoms with van der Waals surface area (Å²) in [5.74, 6) is -1.69. The molecule has 0 fully saturated rings. The summed E-state index contributed by atoms with van der Waals surface area (Å²) >= 11 is 0. The smallest absolute Gasteiger partial charge is 0.263 e. The quantitative estimate of drug-likeness (QED) is 0.924. The second kappa shape index (κ2) is 5.17. The highest BCUT2D eigenvalue weighted by Gasteiger charge is 2.30.